The van der Waals surface area contributed by atoms with Gasteiger partial charge in [-0.3, -0.25) is 4.79 Å². The predicted molar refractivity (Wildman–Crippen MR) is 126 cm³/mol. The fourth-order valence-corrected chi connectivity index (χ4v) is 5.24. The van der Waals surface area contributed by atoms with Crippen molar-refractivity contribution in [2.75, 3.05) is 38.5 Å². The zero-order valence-electron chi connectivity index (χ0n) is 19.8. The van der Waals surface area contributed by atoms with Gasteiger partial charge in [0.05, 0.1) is 13.0 Å². The number of benzene rings is 1. The van der Waals surface area contributed by atoms with Crippen LogP contribution in [0, 0.1) is 17.8 Å². The first kappa shape index (κ1) is 22.4. The van der Waals surface area contributed by atoms with E-state index in [1.165, 1.54) is 6.42 Å². The summed E-state index contributed by atoms with van der Waals surface area (Å²) in [4.78, 5) is 28.2. The van der Waals surface area contributed by atoms with Crippen LogP contribution < -0.4 is 10.5 Å². The molecule has 2 saturated heterocycles. The molecule has 33 heavy (non-hydrogen) atoms. The van der Waals surface area contributed by atoms with Gasteiger partial charge < -0.3 is 25.0 Å². The number of hydrogen-bond acceptors (Lipinski definition) is 5. The van der Waals surface area contributed by atoms with E-state index in [2.05, 4.69) is 0 Å². The molecule has 0 unspecified atom stereocenters. The van der Waals surface area contributed by atoms with Crippen LogP contribution in [0.25, 0.3) is 0 Å². The highest BCUT2D eigenvalue weighted by Gasteiger charge is 2.45. The number of likely N-dealkylation sites (tertiary alicyclic amines) is 2. The second-order valence-corrected chi connectivity index (χ2v) is 10.7. The van der Waals surface area contributed by atoms with Gasteiger partial charge in [-0.05, 0) is 81.3 Å². The third-order valence-electron chi connectivity index (χ3n) is 8.09. The number of ether oxygens (including phenoxy) is 2. The second kappa shape index (κ2) is 9.07. The first-order valence-electron chi connectivity index (χ1n) is 12.7. The van der Waals surface area contributed by atoms with Crippen LogP contribution in [0.2, 0.25) is 0 Å². The van der Waals surface area contributed by atoms with Gasteiger partial charge in [-0.1, -0.05) is 6.07 Å². The SMILES string of the molecule is CC1(OC(=O)N2CCC([C@H]3C[C@H]3CCOc3ccc(CC(=O)N4CCC4)c(N)c3)CC2)CC1. The number of rotatable bonds is 8. The molecule has 0 radical (unpaired) electrons. The number of nitrogens with zero attached hydrogens (tertiary/aromatic N) is 2. The third kappa shape index (κ3) is 5.39. The Kier molecular flexibility index (Phi) is 6.14. The fourth-order valence-electron chi connectivity index (χ4n) is 5.24. The molecule has 4 aliphatic rings. The number of carbonyl (C=O) groups is 2. The average Bonchev–Trinajstić information content (AvgIpc) is 3.67. The fraction of sp³-hybridized carbons (Fsp3) is 0.692. The van der Waals surface area contributed by atoms with Gasteiger partial charge in [0.1, 0.15) is 11.4 Å². The van der Waals surface area contributed by atoms with E-state index in [0.717, 1.165) is 93.8 Å². The van der Waals surface area contributed by atoms with Crippen molar-refractivity contribution in [2.24, 2.45) is 17.8 Å². The molecule has 1 aromatic carbocycles. The summed E-state index contributed by atoms with van der Waals surface area (Å²) in [6.07, 6.45) is 7.84. The molecular weight excluding hydrogens is 418 g/mol. The van der Waals surface area contributed by atoms with Crippen LogP contribution >= 0.6 is 0 Å². The summed E-state index contributed by atoms with van der Waals surface area (Å²) in [5, 5.41) is 0. The van der Waals surface area contributed by atoms with Crippen molar-refractivity contribution in [2.45, 2.75) is 63.9 Å². The standard InChI is InChI=1S/C26H37N3O4/c1-26(8-9-26)33-25(31)29-12-5-18(6-13-29)22-15-19(22)7-14-32-21-4-3-20(23(27)17-21)16-24(30)28-10-2-11-28/h3-4,17-19,22H,2,5-16,27H2,1H3/t19-,22-/m1/s1. The average molecular weight is 456 g/mol. The number of nitrogens with two attached hydrogens (primary N) is 1. The molecule has 0 bridgehead atoms. The van der Waals surface area contributed by atoms with Crippen molar-refractivity contribution in [3.05, 3.63) is 23.8 Å². The maximum absolute atomic E-state index is 12.3. The molecule has 2 atom stereocenters. The molecule has 2 saturated carbocycles. The Morgan fingerprint density at radius 1 is 1.12 bits per heavy atom. The Morgan fingerprint density at radius 2 is 1.88 bits per heavy atom. The lowest BCUT2D eigenvalue weighted by molar-refractivity contribution is -0.133. The lowest BCUT2D eigenvalue weighted by Gasteiger charge is -2.32. The van der Waals surface area contributed by atoms with E-state index >= 15 is 0 Å². The maximum atomic E-state index is 12.3. The van der Waals surface area contributed by atoms with Gasteiger partial charge in [-0.2, -0.15) is 0 Å². The largest absolute Gasteiger partial charge is 0.494 e. The Hall–Kier alpha value is -2.44. The van der Waals surface area contributed by atoms with E-state index in [-0.39, 0.29) is 17.6 Å². The Balaban J connectivity index is 0.998. The predicted octanol–water partition coefficient (Wildman–Crippen LogP) is 3.85. The van der Waals surface area contributed by atoms with Crippen molar-refractivity contribution in [1.82, 2.24) is 9.80 Å². The maximum Gasteiger partial charge on any atom is 0.410 e. The number of hydrogen-bond donors (Lipinski definition) is 1. The van der Waals surface area contributed by atoms with Crippen LogP contribution in [0.1, 0.15) is 57.4 Å². The molecule has 0 aromatic heterocycles. The normalized spacial score (nSPS) is 25.8. The summed E-state index contributed by atoms with van der Waals surface area (Å²) in [5.74, 6) is 3.15. The van der Waals surface area contributed by atoms with E-state index in [0.29, 0.717) is 18.7 Å². The second-order valence-electron chi connectivity index (χ2n) is 10.7. The van der Waals surface area contributed by atoms with Gasteiger partial charge in [0, 0.05) is 37.9 Å². The lowest BCUT2D eigenvalue weighted by Crippen LogP contribution is -2.42. The van der Waals surface area contributed by atoms with Crippen LogP contribution in [0.5, 0.6) is 5.75 Å². The van der Waals surface area contributed by atoms with E-state index in [4.69, 9.17) is 15.2 Å². The molecule has 7 nitrogen and oxygen atoms in total. The number of carbonyl (C=O) groups excluding carboxylic acids is 2. The summed E-state index contributed by atoms with van der Waals surface area (Å²) >= 11 is 0. The highest BCUT2D eigenvalue weighted by molar-refractivity contribution is 5.81. The topological polar surface area (TPSA) is 85.1 Å². The zero-order chi connectivity index (χ0) is 23.0. The molecule has 2 N–H and O–H groups in total. The lowest BCUT2D eigenvalue weighted by atomic mass is 9.91. The van der Waals surface area contributed by atoms with E-state index < -0.39 is 0 Å². The summed E-state index contributed by atoms with van der Waals surface area (Å²) in [7, 11) is 0. The quantitative estimate of drug-likeness (QED) is 0.602. The van der Waals surface area contributed by atoms with Crippen LogP contribution in [-0.2, 0) is 16.0 Å². The molecule has 180 valence electrons. The van der Waals surface area contributed by atoms with Crippen molar-refractivity contribution in [3.8, 4) is 5.75 Å². The third-order valence-corrected chi connectivity index (χ3v) is 8.09. The molecule has 2 amide bonds. The van der Waals surface area contributed by atoms with Crippen LogP contribution in [0.3, 0.4) is 0 Å². The van der Waals surface area contributed by atoms with Crippen LogP contribution in [0.4, 0.5) is 10.5 Å². The Bertz CT molecular complexity index is 888. The van der Waals surface area contributed by atoms with Gasteiger partial charge in [0.25, 0.3) is 0 Å². The van der Waals surface area contributed by atoms with Crippen molar-refractivity contribution in [1.29, 1.82) is 0 Å². The monoisotopic (exact) mass is 455 g/mol. The van der Waals surface area contributed by atoms with Crippen LogP contribution in [-0.4, -0.2) is 60.2 Å². The first-order chi connectivity index (χ1) is 15.9. The first-order valence-corrected chi connectivity index (χ1v) is 12.7. The van der Waals surface area contributed by atoms with Crippen molar-refractivity contribution < 1.29 is 19.1 Å². The van der Waals surface area contributed by atoms with Gasteiger partial charge in [-0.25, -0.2) is 4.79 Å². The molecule has 1 aromatic rings. The molecular formula is C26H37N3O4. The number of nitrogen functional groups attached to an aromatic ring is 1. The molecule has 2 heterocycles. The highest BCUT2D eigenvalue weighted by atomic mass is 16.6. The molecule has 0 spiro atoms. The Morgan fingerprint density at radius 3 is 2.52 bits per heavy atom. The summed E-state index contributed by atoms with van der Waals surface area (Å²) < 4.78 is 11.6. The zero-order valence-corrected chi connectivity index (χ0v) is 19.8. The minimum atomic E-state index is -0.188. The molecule has 4 fully saturated rings. The Labute approximate surface area is 196 Å². The van der Waals surface area contributed by atoms with Gasteiger partial charge >= 0.3 is 6.09 Å². The summed E-state index contributed by atoms with van der Waals surface area (Å²) in [6.45, 7) is 6.10. The highest BCUT2D eigenvalue weighted by Crippen LogP contribution is 2.50. The van der Waals surface area contributed by atoms with E-state index in [1.807, 2.05) is 34.9 Å². The molecule has 5 rings (SSSR count). The summed E-state index contributed by atoms with van der Waals surface area (Å²) in [5.41, 5.74) is 7.50. The van der Waals surface area contributed by atoms with E-state index in [9.17, 15) is 9.59 Å². The van der Waals surface area contributed by atoms with E-state index in [1.54, 1.807) is 0 Å². The molecule has 2 aliphatic carbocycles. The molecule has 2 aliphatic heterocycles. The number of anilines is 1. The van der Waals surface area contributed by atoms with Crippen molar-refractivity contribution >= 4 is 17.7 Å². The minimum Gasteiger partial charge on any atom is -0.494 e. The minimum absolute atomic E-state index is 0.121. The smallest absolute Gasteiger partial charge is 0.410 e. The van der Waals surface area contributed by atoms with Crippen LogP contribution in [0.15, 0.2) is 18.2 Å². The summed E-state index contributed by atoms with van der Waals surface area (Å²) in [6, 6.07) is 5.70. The van der Waals surface area contributed by atoms with Gasteiger partial charge in [-0.15, -0.1) is 0 Å². The van der Waals surface area contributed by atoms with Gasteiger partial charge in [0.2, 0.25) is 5.91 Å². The molecule has 7 heteroatoms. The van der Waals surface area contributed by atoms with Crippen molar-refractivity contribution in [3.63, 3.8) is 0 Å². The number of piperidine rings is 1. The number of amides is 2. The van der Waals surface area contributed by atoms with Gasteiger partial charge in [0.15, 0.2) is 0 Å².